The minimum atomic E-state index is -0.611. The third-order valence-electron chi connectivity index (χ3n) is 3.64. The Balaban J connectivity index is 0.00000176. The number of hydrogen-bond acceptors (Lipinski definition) is 3. The maximum Gasteiger partial charge on any atom is 0.151 e. The normalized spacial score (nSPS) is 19.0. The van der Waals surface area contributed by atoms with Gasteiger partial charge in [-0.2, -0.15) is 5.10 Å². The zero-order valence-corrected chi connectivity index (χ0v) is 13.1. The summed E-state index contributed by atoms with van der Waals surface area (Å²) in [7, 11) is 0. The second-order valence-corrected chi connectivity index (χ2v) is 5.44. The molecule has 1 atom stereocenters. The molecule has 0 amide bonds. The minimum absolute atomic E-state index is 0. The first-order valence-electron chi connectivity index (χ1n) is 7.07. The van der Waals surface area contributed by atoms with Crippen molar-refractivity contribution in [2.45, 2.75) is 19.5 Å². The monoisotopic (exact) mass is 328 g/mol. The average Bonchev–Trinajstić information content (AvgIpc) is 2.87. The summed E-state index contributed by atoms with van der Waals surface area (Å²) in [5.41, 5.74) is 1.14. The Kier molecular flexibility index (Phi) is 5.50. The van der Waals surface area contributed by atoms with E-state index in [-0.39, 0.29) is 18.1 Å². The second-order valence-electron chi connectivity index (χ2n) is 5.44. The van der Waals surface area contributed by atoms with Crippen molar-refractivity contribution in [2.24, 2.45) is 0 Å². The fraction of sp³-hybridized carbons (Fsp3) is 0.400. The molecule has 1 N–H and O–H groups in total. The van der Waals surface area contributed by atoms with Crippen molar-refractivity contribution >= 4 is 12.4 Å². The topological polar surface area (TPSA) is 33.1 Å². The van der Waals surface area contributed by atoms with E-state index < -0.39 is 11.6 Å². The molecule has 0 aliphatic carbocycles. The summed E-state index contributed by atoms with van der Waals surface area (Å²) in [6.07, 6.45) is 1.71. The third kappa shape index (κ3) is 3.82. The summed E-state index contributed by atoms with van der Waals surface area (Å²) in [4.78, 5) is 2.31. The molecule has 0 saturated carbocycles. The second kappa shape index (κ2) is 7.17. The molecular formula is C15H19ClF2N4. The molecule has 120 valence electrons. The summed E-state index contributed by atoms with van der Waals surface area (Å²) in [5, 5.41) is 7.77. The van der Waals surface area contributed by atoms with Gasteiger partial charge in [-0.25, -0.2) is 13.5 Å². The first-order chi connectivity index (χ1) is 10.1. The zero-order chi connectivity index (χ0) is 14.8. The summed E-state index contributed by atoms with van der Waals surface area (Å²) in [6, 6.07) is 5.84. The average molecular weight is 329 g/mol. The Morgan fingerprint density at radius 2 is 2.14 bits per heavy atom. The van der Waals surface area contributed by atoms with Crippen LogP contribution in [0, 0.1) is 11.6 Å². The molecule has 2 heterocycles. The van der Waals surface area contributed by atoms with Crippen LogP contribution in [0.25, 0.3) is 5.69 Å². The lowest BCUT2D eigenvalue weighted by molar-refractivity contribution is 0.197. The van der Waals surface area contributed by atoms with E-state index in [4.69, 9.17) is 0 Å². The van der Waals surface area contributed by atoms with Gasteiger partial charge in [0.2, 0.25) is 0 Å². The van der Waals surface area contributed by atoms with Gasteiger partial charge in [0, 0.05) is 44.5 Å². The van der Waals surface area contributed by atoms with Crippen LogP contribution in [0.4, 0.5) is 8.78 Å². The molecule has 1 aliphatic heterocycles. The van der Waals surface area contributed by atoms with Crippen LogP contribution in [0.3, 0.4) is 0 Å². The first kappa shape index (κ1) is 16.9. The number of aromatic nitrogens is 2. The Morgan fingerprint density at radius 3 is 2.86 bits per heavy atom. The molecule has 4 nitrogen and oxygen atoms in total. The smallest absolute Gasteiger partial charge is 0.151 e. The van der Waals surface area contributed by atoms with E-state index in [2.05, 4.69) is 22.2 Å². The van der Waals surface area contributed by atoms with Gasteiger partial charge in [0.25, 0.3) is 0 Å². The largest absolute Gasteiger partial charge is 0.312 e. The highest BCUT2D eigenvalue weighted by Crippen LogP contribution is 2.15. The molecule has 22 heavy (non-hydrogen) atoms. The van der Waals surface area contributed by atoms with E-state index >= 15 is 0 Å². The van der Waals surface area contributed by atoms with Gasteiger partial charge in [-0.3, -0.25) is 4.90 Å². The van der Waals surface area contributed by atoms with Crippen molar-refractivity contribution in [1.29, 1.82) is 0 Å². The third-order valence-corrected chi connectivity index (χ3v) is 3.64. The highest BCUT2D eigenvalue weighted by molar-refractivity contribution is 5.85. The van der Waals surface area contributed by atoms with Crippen LogP contribution in [0.15, 0.2) is 30.5 Å². The van der Waals surface area contributed by atoms with E-state index in [0.29, 0.717) is 6.04 Å². The number of benzene rings is 1. The molecule has 3 rings (SSSR count). The van der Waals surface area contributed by atoms with Gasteiger partial charge < -0.3 is 5.32 Å². The van der Waals surface area contributed by atoms with Crippen LogP contribution in [0.1, 0.15) is 12.6 Å². The molecule has 1 aromatic heterocycles. The molecule has 1 unspecified atom stereocenters. The van der Waals surface area contributed by atoms with Crippen LogP contribution < -0.4 is 5.32 Å². The van der Waals surface area contributed by atoms with Gasteiger partial charge in [-0.05, 0) is 25.1 Å². The Labute approximate surface area is 134 Å². The van der Waals surface area contributed by atoms with Crippen molar-refractivity contribution in [3.05, 3.63) is 47.8 Å². The Morgan fingerprint density at radius 1 is 1.32 bits per heavy atom. The number of nitrogens with zero attached hydrogens (tertiary/aromatic N) is 3. The molecular weight excluding hydrogens is 310 g/mol. The van der Waals surface area contributed by atoms with E-state index in [9.17, 15) is 8.78 Å². The lowest BCUT2D eigenvalue weighted by atomic mass is 10.2. The summed E-state index contributed by atoms with van der Waals surface area (Å²) < 4.78 is 28.1. The highest BCUT2D eigenvalue weighted by atomic mass is 35.5. The number of halogens is 3. The van der Waals surface area contributed by atoms with Crippen molar-refractivity contribution in [1.82, 2.24) is 20.0 Å². The lowest BCUT2D eigenvalue weighted by Crippen LogP contribution is -2.48. The van der Waals surface area contributed by atoms with Crippen LogP contribution >= 0.6 is 12.4 Å². The molecule has 1 aliphatic rings. The Bertz CT molecular complexity index is 632. The molecule has 1 fully saturated rings. The van der Waals surface area contributed by atoms with Crippen LogP contribution in [-0.2, 0) is 6.54 Å². The maximum absolute atomic E-state index is 13.7. The predicted molar refractivity (Wildman–Crippen MR) is 83.5 cm³/mol. The number of rotatable bonds is 3. The zero-order valence-electron chi connectivity index (χ0n) is 12.3. The summed E-state index contributed by atoms with van der Waals surface area (Å²) >= 11 is 0. The molecule has 0 spiro atoms. The molecule has 0 bridgehead atoms. The van der Waals surface area contributed by atoms with Gasteiger partial charge in [-0.15, -0.1) is 12.4 Å². The van der Waals surface area contributed by atoms with E-state index in [1.54, 1.807) is 6.20 Å². The van der Waals surface area contributed by atoms with Crippen molar-refractivity contribution in [3.8, 4) is 5.69 Å². The first-order valence-corrected chi connectivity index (χ1v) is 7.07. The maximum atomic E-state index is 13.7. The fourth-order valence-corrected chi connectivity index (χ4v) is 2.63. The lowest BCUT2D eigenvalue weighted by Gasteiger charge is -2.31. The molecule has 1 saturated heterocycles. The fourth-order valence-electron chi connectivity index (χ4n) is 2.63. The predicted octanol–water partition coefficient (Wildman–Crippen LogP) is 2.37. The van der Waals surface area contributed by atoms with Gasteiger partial charge in [-0.1, -0.05) is 0 Å². The minimum Gasteiger partial charge on any atom is -0.312 e. The standard InChI is InChI=1S/C15H18F2N4.ClH/c1-11-9-20(7-5-18-11)10-13-4-6-21(19-13)15-3-2-12(16)8-14(15)17;/h2-4,6,8,11,18H,5,7,9-10H2,1H3;1H. The quantitative estimate of drug-likeness (QED) is 0.939. The van der Waals surface area contributed by atoms with E-state index in [1.807, 2.05) is 6.07 Å². The number of hydrogen-bond donors (Lipinski definition) is 1. The molecule has 0 radical (unpaired) electrons. The van der Waals surface area contributed by atoms with Gasteiger partial charge >= 0.3 is 0 Å². The van der Waals surface area contributed by atoms with Crippen molar-refractivity contribution < 1.29 is 8.78 Å². The highest BCUT2D eigenvalue weighted by Gasteiger charge is 2.17. The molecule has 1 aromatic carbocycles. The van der Waals surface area contributed by atoms with Gasteiger partial charge in [0.15, 0.2) is 5.82 Å². The van der Waals surface area contributed by atoms with Gasteiger partial charge in [0.1, 0.15) is 11.5 Å². The SMILES string of the molecule is CC1CN(Cc2ccn(-c3ccc(F)cc3F)n2)CCN1.Cl. The summed E-state index contributed by atoms with van der Waals surface area (Å²) in [5.74, 6) is -1.20. The van der Waals surface area contributed by atoms with Crippen LogP contribution in [0.2, 0.25) is 0 Å². The van der Waals surface area contributed by atoms with E-state index in [1.165, 1.54) is 16.8 Å². The number of nitrogens with one attached hydrogen (secondary N) is 1. The number of piperazine rings is 1. The van der Waals surface area contributed by atoms with Crippen molar-refractivity contribution in [3.63, 3.8) is 0 Å². The summed E-state index contributed by atoms with van der Waals surface area (Å²) in [6.45, 7) is 5.80. The van der Waals surface area contributed by atoms with Crippen molar-refractivity contribution in [2.75, 3.05) is 19.6 Å². The van der Waals surface area contributed by atoms with Gasteiger partial charge in [0.05, 0.1) is 5.69 Å². The van der Waals surface area contributed by atoms with Crippen LogP contribution in [0.5, 0.6) is 0 Å². The molecule has 7 heteroatoms. The Hall–Kier alpha value is -1.50. The van der Waals surface area contributed by atoms with E-state index in [0.717, 1.165) is 37.9 Å². The molecule has 2 aromatic rings. The van der Waals surface area contributed by atoms with Crippen LogP contribution in [-0.4, -0.2) is 40.4 Å².